The second kappa shape index (κ2) is 6.05. The Balaban J connectivity index is 2.08. The molecule has 1 N–H and O–H groups in total. The van der Waals surface area contributed by atoms with Crippen molar-refractivity contribution in [2.75, 3.05) is 0 Å². The normalized spacial score (nSPS) is 11.9. The van der Waals surface area contributed by atoms with E-state index in [0.717, 1.165) is 23.5 Å². The molecule has 0 aliphatic carbocycles. The first-order valence-electron chi connectivity index (χ1n) is 6.42. The van der Waals surface area contributed by atoms with Crippen molar-refractivity contribution in [1.82, 2.24) is 9.99 Å². The van der Waals surface area contributed by atoms with Crippen LogP contribution in [0.1, 0.15) is 27.3 Å². The molecule has 1 aromatic heterocycles. The second-order valence-electron chi connectivity index (χ2n) is 4.74. The van der Waals surface area contributed by atoms with Crippen LogP contribution >= 0.6 is 0 Å². The van der Waals surface area contributed by atoms with E-state index in [1.54, 1.807) is 0 Å². The lowest BCUT2D eigenvalue weighted by Crippen LogP contribution is -2.18. The number of nitrogens with zero attached hydrogens (tertiary/aromatic N) is 2. The van der Waals surface area contributed by atoms with E-state index in [1.807, 2.05) is 30.7 Å². The predicted molar refractivity (Wildman–Crippen MR) is 76.7 cm³/mol. The molecule has 2 rings (SSSR count). The van der Waals surface area contributed by atoms with Crippen LogP contribution < -0.4 is 5.43 Å². The summed E-state index contributed by atoms with van der Waals surface area (Å²) in [6.45, 7) is 1.92. The van der Waals surface area contributed by atoms with Gasteiger partial charge in [0.2, 0.25) is 0 Å². The third-order valence-corrected chi connectivity index (χ3v) is 3.23. The van der Waals surface area contributed by atoms with Gasteiger partial charge in [-0.05, 0) is 37.3 Å². The van der Waals surface area contributed by atoms with Crippen molar-refractivity contribution in [2.24, 2.45) is 12.1 Å². The van der Waals surface area contributed by atoms with E-state index < -0.39 is 17.6 Å². The Morgan fingerprint density at radius 2 is 2.00 bits per heavy atom. The number of aryl methyl sites for hydroxylation is 1. The summed E-state index contributed by atoms with van der Waals surface area (Å²) in [4.78, 5) is 11.8. The van der Waals surface area contributed by atoms with Crippen LogP contribution in [0.15, 0.2) is 41.5 Å². The van der Waals surface area contributed by atoms with E-state index in [0.29, 0.717) is 0 Å². The van der Waals surface area contributed by atoms with Crippen molar-refractivity contribution in [2.45, 2.75) is 13.1 Å². The first kappa shape index (κ1) is 15.8. The van der Waals surface area contributed by atoms with Gasteiger partial charge in [-0.1, -0.05) is 6.07 Å². The fraction of sp³-hybridized carbons (Fsp3) is 0.200. The van der Waals surface area contributed by atoms with E-state index in [9.17, 15) is 18.0 Å². The zero-order chi connectivity index (χ0) is 16.3. The zero-order valence-electron chi connectivity index (χ0n) is 12.0. The Hall–Kier alpha value is -2.57. The van der Waals surface area contributed by atoms with E-state index in [2.05, 4.69) is 10.5 Å². The number of nitrogens with one attached hydrogen (secondary N) is 1. The van der Waals surface area contributed by atoms with E-state index >= 15 is 0 Å². The van der Waals surface area contributed by atoms with Gasteiger partial charge in [-0.15, -0.1) is 0 Å². The Morgan fingerprint density at radius 1 is 1.27 bits per heavy atom. The number of benzene rings is 1. The fourth-order valence-corrected chi connectivity index (χ4v) is 1.82. The van der Waals surface area contributed by atoms with Gasteiger partial charge in [-0.3, -0.25) is 4.79 Å². The van der Waals surface area contributed by atoms with Gasteiger partial charge in [0.1, 0.15) is 0 Å². The molecule has 0 aliphatic rings. The molecule has 1 aromatic carbocycles. The minimum Gasteiger partial charge on any atom is -0.347 e. The molecular weight excluding hydrogens is 295 g/mol. The van der Waals surface area contributed by atoms with Crippen LogP contribution in [0.2, 0.25) is 0 Å². The number of carbonyl (C=O) groups excluding carboxylic acids is 1. The summed E-state index contributed by atoms with van der Waals surface area (Å²) >= 11 is 0. The lowest BCUT2D eigenvalue weighted by Gasteiger charge is -2.07. The molecule has 1 heterocycles. The van der Waals surface area contributed by atoms with E-state index in [4.69, 9.17) is 0 Å². The number of alkyl halides is 3. The Kier molecular flexibility index (Phi) is 4.35. The quantitative estimate of drug-likeness (QED) is 0.687. The molecule has 0 saturated carbocycles. The first-order chi connectivity index (χ1) is 10.3. The molecular formula is C15H14F3N3O. The molecule has 0 radical (unpaired) electrons. The highest BCUT2D eigenvalue weighted by Gasteiger charge is 2.30. The lowest BCUT2D eigenvalue weighted by atomic mass is 10.1. The number of hydrogen-bond acceptors (Lipinski definition) is 2. The third-order valence-electron chi connectivity index (χ3n) is 3.23. The standard InChI is InChI=1S/C15H14F3N3O/c1-10-6-7-13(21(10)2)9-19-20-14(22)11-4-3-5-12(8-11)15(16,17)18/h3-9H,1-2H3,(H,20,22)/b19-9+. The molecule has 7 heteroatoms. The maximum Gasteiger partial charge on any atom is 0.416 e. The Morgan fingerprint density at radius 3 is 2.59 bits per heavy atom. The second-order valence-corrected chi connectivity index (χ2v) is 4.74. The van der Waals surface area contributed by atoms with Gasteiger partial charge >= 0.3 is 6.18 Å². The molecule has 0 spiro atoms. The fourth-order valence-electron chi connectivity index (χ4n) is 1.82. The average molecular weight is 309 g/mol. The highest BCUT2D eigenvalue weighted by Crippen LogP contribution is 2.29. The molecule has 116 valence electrons. The summed E-state index contributed by atoms with van der Waals surface area (Å²) < 4.78 is 39.6. The van der Waals surface area contributed by atoms with Gasteiger partial charge in [0, 0.05) is 18.3 Å². The van der Waals surface area contributed by atoms with Crippen molar-refractivity contribution in [3.63, 3.8) is 0 Å². The van der Waals surface area contributed by atoms with E-state index in [-0.39, 0.29) is 5.56 Å². The summed E-state index contributed by atoms with van der Waals surface area (Å²) in [5, 5.41) is 3.76. The zero-order valence-corrected chi connectivity index (χ0v) is 12.0. The SMILES string of the molecule is Cc1ccc(/C=N/NC(=O)c2cccc(C(F)(F)F)c2)n1C. The highest BCUT2D eigenvalue weighted by atomic mass is 19.4. The van der Waals surface area contributed by atoms with Gasteiger partial charge in [0.15, 0.2) is 0 Å². The van der Waals surface area contributed by atoms with Gasteiger partial charge in [0.25, 0.3) is 5.91 Å². The van der Waals surface area contributed by atoms with Gasteiger partial charge in [-0.25, -0.2) is 5.43 Å². The number of hydrazone groups is 1. The molecule has 2 aromatic rings. The number of hydrogen-bond donors (Lipinski definition) is 1. The minimum atomic E-state index is -4.49. The molecule has 0 saturated heterocycles. The van der Waals surface area contributed by atoms with Crippen molar-refractivity contribution < 1.29 is 18.0 Å². The number of rotatable bonds is 3. The van der Waals surface area contributed by atoms with Crippen molar-refractivity contribution in [3.05, 3.63) is 58.9 Å². The maximum absolute atomic E-state index is 12.6. The number of halogens is 3. The molecule has 4 nitrogen and oxygen atoms in total. The maximum atomic E-state index is 12.6. The summed E-state index contributed by atoms with van der Waals surface area (Å²) in [6.07, 6.45) is -3.06. The van der Waals surface area contributed by atoms with Crippen LogP contribution in [0.25, 0.3) is 0 Å². The van der Waals surface area contributed by atoms with Crippen LogP contribution in [-0.4, -0.2) is 16.7 Å². The molecule has 0 atom stereocenters. The summed E-state index contributed by atoms with van der Waals surface area (Å²) in [7, 11) is 1.84. The number of amides is 1. The van der Waals surface area contributed by atoms with E-state index in [1.165, 1.54) is 18.3 Å². The lowest BCUT2D eigenvalue weighted by molar-refractivity contribution is -0.137. The molecule has 0 fully saturated rings. The Bertz CT molecular complexity index is 717. The van der Waals surface area contributed by atoms with Crippen LogP contribution in [0.3, 0.4) is 0 Å². The van der Waals surface area contributed by atoms with Crippen LogP contribution in [0.4, 0.5) is 13.2 Å². The molecule has 0 aliphatic heterocycles. The average Bonchev–Trinajstić information content (AvgIpc) is 2.78. The van der Waals surface area contributed by atoms with Crippen molar-refractivity contribution in [3.8, 4) is 0 Å². The number of carbonyl (C=O) groups is 1. The highest BCUT2D eigenvalue weighted by molar-refractivity contribution is 5.95. The number of aromatic nitrogens is 1. The van der Waals surface area contributed by atoms with Crippen molar-refractivity contribution >= 4 is 12.1 Å². The predicted octanol–water partition coefficient (Wildman–Crippen LogP) is 3.12. The van der Waals surface area contributed by atoms with Crippen LogP contribution in [-0.2, 0) is 13.2 Å². The molecule has 0 bridgehead atoms. The third kappa shape index (κ3) is 3.55. The van der Waals surface area contributed by atoms with Gasteiger partial charge < -0.3 is 4.57 Å². The largest absolute Gasteiger partial charge is 0.416 e. The van der Waals surface area contributed by atoms with Gasteiger partial charge in [-0.2, -0.15) is 18.3 Å². The molecule has 1 amide bonds. The van der Waals surface area contributed by atoms with Crippen molar-refractivity contribution in [1.29, 1.82) is 0 Å². The summed E-state index contributed by atoms with van der Waals surface area (Å²) in [5.41, 5.74) is 3.02. The smallest absolute Gasteiger partial charge is 0.347 e. The van der Waals surface area contributed by atoms with Crippen LogP contribution in [0.5, 0.6) is 0 Å². The minimum absolute atomic E-state index is 0.102. The molecule has 0 unspecified atom stereocenters. The summed E-state index contributed by atoms with van der Waals surface area (Å²) in [5.74, 6) is -0.701. The monoisotopic (exact) mass is 309 g/mol. The van der Waals surface area contributed by atoms with Gasteiger partial charge in [0.05, 0.1) is 17.5 Å². The topological polar surface area (TPSA) is 46.4 Å². The summed E-state index contributed by atoms with van der Waals surface area (Å²) in [6, 6.07) is 7.88. The first-order valence-corrected chi connectivity index (χ1v) is 6.42. The Labute approximate surface area is 125 Å². The molecule has 22 heavy (non-hydrogen) atoms. The van der Waals surface area contributed by atoms with Crippen LogP contribution in [0, 0.1) is 6.92 Å².